The standard InChI is InChI=1S/C20H21N3O2/c1-4-14-8-6-7-9-16(14)22-19(24)15-10-11-18-17(12-15)21-13(3)20(25)23(18)5-2/h6-12H,4-5H2,1-3H3,(H,22,24). The van der Waals surface area contributed by atoms with Crippen LogP contribution in [0.15, 0.2) is 47.3 Å². The van der Waals surface area contributed by atoms with Crippen LogP contribution in [0.25, 0.3) is 11.0 Å². The van der Waals surface area contributed by atoms with Crippen LogP contribution in [0.4, 0.5) is 5.69 Å². The van der Waals surface area contributed by atoms with Crippen LogP contribution in [0, 0.1) is 6.92 Å². The Bertz CT molecular complexity index is 1010. The van der Waals surface area contributed by atoms with Crippen LogP contribution in [0.2, 0.25) is 0 Å². The number of nitrogens with one attached hydrogen (secondary N) is 1. The van der Waals surface area contributed by atoms with Crippen molar-refractivity contribution in [2.45, 2.75) is 33.7 Å². The fourth-order valence-corrected chi connectivity index (χ4v) is 2.97. The molecule has 0 spiro atoms. The largest absolute Gasteiger partial charge is 0.322 e. The Balaban J connectivity index is 2.00. The van der Waals surface area contributed by atoms with E-state index in [2.05, 4.69) is 17.2 Å². The molecular weight excluding hydrogens is 314 g/mol. The van der Waals surface area contributed by atoms with Crippen LogP contribution in [-0.4, -0.2) is 15.5 Å². The first kappa shape index (κ1) is 16.9. The number of anilines is 1. The van der Waals surface area contributed by atoms with E-state index in [4.69, 9.17) is 0 Å². The smallest absolute Gasteiger partial charge is 0.272 e. The number of carbonyl (C=O) groups is 1. The van der Waals surface area contributed by atoms with Crippen molar-refractivity contribution >= 4 is 22.6 Å². The molecule has 1 heterocycles. The third kappa shape index (κ3) is 3.18. The summed E-state index contributed by atoms with van der Waals surface area (Å²) in [7, 11) is 0. The first-order valence-corrected chi connectivity index (χ1v) is 8.45. The number of aryl methyl sites for hydroxylation is 3. The number of hydrogen-bond acceptors (Lipinski definition) is 3. The molecule has 128 valence electrons. The van der Waals surface area contributed by atoms with Gasteiger partial charge in [-0.3, -0.25) is 9.59 Å². The van der Waals surface area contributed by atoms with Gasteiger partial charge < -0.3 is 9.88 Å². The van der Waals surface area contributed by atoms with Gasteiger partial charge in [0.2, 0.25) is 0 Å². The number of hydrogen-bond donors (Lipinski definition) is 1. The van der Waals surface area contributed by atoms with Gasteiger partial charge in [0.1, 0.15) is 5.69 Å². The quantitative estimate of drug-likeness (QED) is 0.793. The number of amides is 1. The molecule has 0 saturated heterocycles. The molecule has 25 heavy (non-hydrogen) atoms. The summed E-state index contributed by atoms with van der Waals surface area (Å²) in [5, 5.41) is 2.96. The zero-order chi connectivity index (χ0) is 18.0. The molecule has 0 saturated carbocycles. The minimum atomic E-state index is -0.184. The molecule has 0 bridgehead atoms. The highest BCUT2D eigenvalue weighted by Crippen LogP contribution is 2.18. The van der Waals surface area contributed by atoms with E-state index in [0.29, 0.717) is 23.3 Å². The number of benzene rings is 2. The first-order chi connectivity index (χ1) is 12.0. The Labute approximate surface area is 146 Å². The lowest BCUT2D eigenvalue weighted by atomic mass is 10.1. The molecule has 1 amide bonds. The average molecular weight is 335 g/mol. The van der Waals surface area contributed by atoms with Gasteiger partial charge in [-0.15, -0.1) is 0 Å². The molecule has 3 aromatic rings. The molecule has 3 rings (SSSR count). The Hall–Kier alpha value is -2.95. The number of para-hydroxylation sites is 1. The molecular formula is C20H21N3O2. The number of aromatic nitrogens is 2. The van der Waals surface area contributed by atoms with E-state index in [-0.39, 0.29) is 11.5 Å². The maximum Gasteiger partial charge on any atom is 0.272 e. The Morgan fingerprint density at radius 2 is 1.92 bits per heavy atom. The maximum absolute atomic E-state index is 12.6. The Kier molecular flexibility index (Phi) is 4.65. The first-order valence-electron chi connectivity index (χ1n) is 8.45. The van der Waals surface area contributed by atoms with Crippen molar-refractivity contribution in [2.75, 3.05) is 5.32 Å². The topological polar surface area (TPSA) is 64.0 Å². The van der Waals surface area contributed by atoms with E-state index in [0.717, 1.165) is 23.2 Å². The second-order valence-corrected chi connectivity index (χ2v) is 5.91. The predicted octanol–water partition coefficient (Wildman–Crippen LogP) is 3.54. The summed E-state index contributed by atoms with van der Waals surface area (Å²) in [5.74, 6) is -0.184. The van der Waals surface area contributed by atoms with Crippen molar-refractivity contribution in [3.8, 4) is 0 Å². The van der Waals surface area contributed by atoms with Gasteiger partial charge >= 0.3 is 0 Å². The maximum atomic E-state index is 12.6. The van der Waals surface area contributed by atoms with E-state index >= 15 is 0 Å². The summed E-state index contributed by atoms with van der Waals surface area (Å²) in [5.41, 5.74) is 4.15. The molecule has 0 radical (unpaired) electrons. The molecule has 0 aliphatic carbocycles. The van der Waals surface area contributed by atoms with Crippen LogP contribution in [0.1, 0.15) is 35.5 Å². The fourth-order valence-electron chi connectivity index (χ4n) is 2.97. The zero-order valence-corrected chi connectivity index (χ0v) is 14.7. The lowest BCUT2D eigenvalue weighted by Gasteiger charge is -2.12. The normalized spacial score (nSPS) is 10.8. The molecule has 5 nitrogen and oxygen atoms in total. The summed E-state index contributed by atoms with van der Waals surface area (Å²) in [6.07, 6.45) is 0.845. The van der Waals surface area contributed by atoms with Crippen LogP contribution < -0.4 is 10.9 Å². The highest BCUT2D eigenvalue weighted by molar-refractivity contribution is 6.06. The molecule has 5 heteroatoms. The van der Waals surface area contributed by atoms with Gasteiger partial charge in [-0.2, -0.15) is 0 Å². The second kappa shape index (κ2) is 6.89. The molecule has 0 atom stereocenters. The van der Waals surface area contributed by atoms with Gasteiger partial charge in [0.25, 0.3) is 11.5 Å². The zero-order valence-electron chi connectivity index (χ0n) is 14.7. The molecule has 0 aliphatic rings. The van der Waals surface area contributed by atoms with Crippen molar-refractivity contribution in [2.24, 2.45) is 0 Å². The van der Waals surface area contributed by atoms with Crippen LogP contribution in [-0.2, 0) is 13.0 Å². The summed E-state index contributed by atoms with van der Waals surface area (Å²) >= 11 is 0. The summed E-state index contributed by atoms with van der Waals surface area (Å²) < 4.78 is 1.67. The monoisotopic (exact) mass is 335 g/mol. The van der Waals surface area contributed by atoms with Crippen molar-refractivity contribution in [1.29, 1.82) is 0 Å². The molecule has 0 unspecified atom stereocenters. The van der Waals surface area contributed by atoms with E-state index < -0.39 is 0 Å². The van der Waals surface area contributed by atoms with Gasteiger partial charge in [0, 0.05) is 17.8 Å². The molecule has 0 fully saturated rings. The van der Waals surface area contributed by atoms with Crippen LogP contribution in [0.5, 0.6) is 0 Å². The van der Waals surface area contributed by atoms with Gasteiger partial charge in [-0.1, -0.05) is 25.1 Å². The molecule has 0 aliphatic heterocycles. The third-order valence-corrected chi connectivity index (χ3v) is 4.33. The number of nitrogens with zero attached hydrogens (tertiary/aromatic N) is 2. The highest BCUT2D eigenvalue weighted by atomic mass is 16.1. The van der Waals surface area contributed by atoms with Crippen LogP contribution >= 0.6 is 0 Å². The van der Waals surface area contributed by atoms with Crippen LogP contribution in [0.3, 0.4) is 0 Å². The van der Waals surface area contributed by atoms with Gasteiger partial charge in [0.05, 0.1) is 11.0 Å². The third-order valence-electron chi connectivity index (χ3n) is 4.33. The summed E-state index contributed by atoms with van der Waals surface area (Å²) in [4.78, 5) is 29.1. The minimum absolute atomic E-state index is 0.0934. The van der Waals surface area contributed by atoms with E-state index in [1.165, 1.54) is 0 Å². The Morgan fingerprint density at radius 3 is 2.64 bits per heavy atom. The summed E-state index contributed by atoms with van der Waals surface area (Å²) in [6.45, 7) is 6.23. The second-order valence-electron chi connectivity index (χ2n) is 5.91. The molecule has 1 aromatic heterocycles. The van der Waals surface area contributed by atoms with Gasteiger partial charge in [-0.05, 0) is 50.1 Å². The average Bonchev–Trinajstić information content (AvgIpc) is 2.63. The molecule has 1 N–H and O–H groups in total. The van der Waals surface area contributed by atoms with Crippen molar-refractivity contribution in [1.82, 2.24) is 9.55 Å². The van der Waals surface area contributed by atoms with Crippen molar-refractivity contribution in [3.63, 3.8) is 0 Å². The number of rotatable bonds is 4. The molecule has 2 aromatic carbocycles. The number of carbonyl (C=O) groups excluding carboxylic acids is 1. The number of fused-ring (bicyclic) bond motifs is 1. The Morgan fingerprint density at radius 1 is 1.16 bits per heavy atom. The van der Waals surface area contributed by atoms with Crippen molar-refractivity contribution in [3.05, 3.63) is 69.6 Å². The minimum Gasteiger partial charge on any atom is -0.322 e. The summed E-state index contributed by atoms with van der Waals surface area (Å²) in [6, 6.07) is 13.0. The van der Waals surface area contributed by atoms with Crippen molar-refractivity contribution < 1.29 is 4.79 Å². The van der Waals surface area contributed by atoms with Gasteiger partial charge in [0.15, 0.2) is 0 Å². The lowest BCUT2D eigenvalue weighted by Crippen LogP contribution is -2.23. The predicted molar refractivity (Wildman–Crippen MR) is 100 cm³/mol. The SMILES string of the molecule is CCc1ccccc1NC(=O)c1ccc2c(c1)nc(C)c(=O)n2CC. The van der Waals surface area contributed by atoms with E-state index in [1.54, 1.807) is 29.7 Å². The fraction of sp³-hybridized carbons (Fsp3) is 0.250. The van der Waals surface area contributed by atoms with Gasteiger partial charge in [-0.25, -0.2) is 4.98 Å². The van der Waals surface area contributed by atoms with E-state index in [1.807, 2.05) is 31.2 Å². The lowest BCUT2D eigenvalue weighted by molar-refractivity contribution is 0.102. The van der Waals surface area contributed by atoms with E-state index in [9.17, 15) is 9.59 Å². The highest BCUT2D eigenvalue weighted by Gasteiger charge is 2.12.